The molecule has 0 aliphatic carbocycles. The predicted octanol–water partition coefficient (Wildman–Crippen LogP) is 0.933. The number of hydrogen-bond acceptors (Lipinski definition) is 3. The number of hydrogen-bond donors (Lipinski definition) is 3. The molecule has 0 saturated heterocycles. The number of benzene rings is 1. The van der Waals surface area contributed by atoms with E-state index in [0.717, 1.165) is 10.0 Å². The molecule has 1 aromatic rings. The van der Waals surface area contributed by atoms with Gasteiger partial charge in [0.15, 0.2) is 6.04 Å². The van der Waals surface area contributed by atoms with Crippen LogP contribution in [0.4, 0.5) is 0 Å². The number of rotatable bonds is 4. The van der Waals surface area contributed by atoms with Crippen molar-refractivity contribution in [3.63, 3.8) is 0 Å². The molecule has 92 valence electrons. The van der Waals surface area contributed by atoms with Gasteiger partial charge in [-0.3, -0.25) is 4.79 Å². The zero-order valence-electron chi connectivity index (χ0n) is 9.11. The molecular formula is C11H12BrNO4. The second kappa shape index (κ2) is 5.79. The first kappa shape index (κ1) is 13.7. The van der Waals surface area contributed by atoms with Crippen LogP contribution in [0.5, 0.6) is 0 Å². The standard InChI is InChI=1S/C11H12BrNO4/c1-6-2-3-7(12)4-8(6)10(15)13-9(5-14)11(16)17/h2-4,9,14H,5H2,1H3,(H,13,15)(H,16,17)/t9-/m1/s1. The summed E-state index contributed by atoms with van der Waals surface area (Å²) in [7, 11) is 0. The maximum absolute atomic E-state index is 11.8. The molecule has 5 nitrogen and oxygen atoms in total. The van der Waals surface area contributed by atoms with Crippen LogP contribution in [0.2, 0.25) is 0 Å². The number of amides is 1. The first-order valence-electron chi connectivity index (χ1n) is 4.86. The monoisotopic (exact) mass is 301 g/mol. The van der Waals surface area contributed by atoms with E-state index in [4.69, 9.17) is 10.2 Å². The highest BCUT2D eigenvalue weighted by molar-refractivity contribution is 9.10. The van der Waals surface area contributed by atoms with Gasteiger partial charge in [-0.2, -0.15) is 0 Å². The van der Waals surface area contributed by atoms with E-state index in [1.807, 2.05) is 0 Å². The Morgan fingerprint density at radius 3 is 2.65 bits per heavy atom. The Bertz CT molecular complexity index is 447. The molecule has 0 radical (unpaired) electrons. The summed E-state index contributed by atoms with van der Waals surface area (Å²) < 4.78 is 0.726. The van der Waals surface area contributed by atoms with E-state index >= 15 is 0 Å². The molecule has 3 N–H and O–H groups in total. The predicted molar refractivity (Wildman–Crippen MR) is 64.9 cm³/mol. The highest BCUT2D eigenvalue weighted by Crippen LogP contribution is 2.16. The van der Waals surface area contributed by atoms with Crippen LogP contribution in [0.25, 0.3) is 0 Å². The van der Waals surface area contributed by atoms with Gasteiger partial charge in [0.2, 0.25) is 0 Å². The summed E-state index contributed by atoms with van der Waals surface area (Å²) in [4.78, 5) is 22.5. The Morgan fingerprint density at radius 1 is 1.47 bits per heavy atom. The molecule has 1 amide bonds. The molecule has 1 atom stereocenters. The van der Waals surface area contributed by atoms with Crippen molar-refractivity contribution in [3.8, 4) is 0 Å². The second-order valence-electron chi connectivity index (χ2n) is 3.51. The molecule has 0 bridgehead atoms. The number of carboxylic acid groups (broad SMARTS) is 1. The fourth-order valence-corrected chi connectivity index (χ4v) is 1.62. The van der Waals surface area contributed by atoms with Crippen molar-refractivity contribution >= 4 is 27.8 Å². The number of aliphatic carboxylic acids is 1. The molecule has 1 aromatic carbocycles. The minimum Gasteiger partial charge on any atom is -0.480 e. The Hall–Kier alpha value is -1.40. The van der Waals surface area contributed by atoms with Gasteiger partial charge in [0, 0.05) is 10.0 Å². The summed E-state index contributed by atoms with van der Waals surface area (Å²) in [5.74, 6) is -1.79. The lowest BCUT2D eigenvalue weighted by atomic mass is 10.1. The molecule has 6 heteroatoms. The number of carboxylic acids is 1. The molecule has 0 aliphatic heterocycles. The lowest BCUT2D eigenvalue weighted by Crippen LogP contribution is -2.43. The van der Waals surface area contributed by atoms with Crippen LogP contribution >= 0.6 is 15.9 Å². The van der Waals surface area contributed by atoms with Gasteiger partial charge in [-0.25, -0.2) is 4.79 Å². The Kier molecular flexibility index (Phi) is 4.65. The fraction of sp³-hybridized carbons (Fsp3) is 0.273. The number of carbonyl (C=O) groups is 2. The van der Waals surface area contributed by atoms with Crippen LogP contribution in [0, 0.1) is 6.92 Å². The average molecular weight is 302 g/mol. The normalized spacial score (nSPS) is 11.9. The van der Waals surface area contributed by atoms with Crippen molar-refractivity contribution in [2.75, 3.05) is 6.61 Å². The fourth-order valence-electron chi connectivity index (χ4n) is 1.26. The maximum Gasteiger partial charge on any atom is 0.328 e. The summed E-state index contributed by atoms with van der Waals surface area (Å²) in [6, 6.07) is 3.84. The van der Waals surface area contributed by atoms with Crippen molar-refractivity contribution in [1.82, 2.24) is 5.32 Å². The number of aliphatic hydroxyl groups is 1. The van der Waals surface area contributed by atoms with Crippen LogP contribution in [-0.4, -0.2) is 34.7 Å². The third kappa shape index (κ3) is 3.54. The largest absolute Gasteiger partial charge is 0.480 e. The van der Waals surface area contributed by atoms with Crippen LogP contribution < -0.4 is 5.32 Å². The van der Waals surface area contributed by atoms with Crippen molar-refractivity contribution < 1.29 is 19.8 Å². The summed E-state index contributed by atoms with van der Waals surface area (Å²) in [6.07, 6.45) is 0. The van der Waals surface area contributed by atoms with Crippen LogP contribution in [-0.2, 0) is 4.79 Å². The highest BCUT2D eigenvalue weighted by atomic mass is 79.9. The summed E-state index contributed by atoms with van der Waals surface area (Å²) >= 11 is 3.23. The number of carbonyl (C=O) groups excluding carboxylic acids is 1. The van der Waals surface area contributed by atoms with E-state index in [1.165, 1.54) is 0 Å². The molecule has 0 spiro atoms. The number of halogens is 1. The van der Waals surface area contributed by atoms with Gasteiger partial charge in [0.05, 0.1) is 6.61 Å². The molecule has 0 fully saturated rings. The second-order valence-corrected chi connectivity index (χ2v) is 4.42. The van der Waals surface area contributed by atoms with Gasteiger partial charge in [0.25, 0.3) is 5.91 Å². The van der Waals surface area contributed by atoms with Gasteiger partial charge in [0.1, 0.15) is 0 Å². The van der Waals surface area contributed by atoms with Crippen molar-refractivity contribution in [2.24, 2.45) is 0 Å². The SMILES string of the molecule is Cc1ccc(Br)cc1C(=O)N[C@H](CO)C(=O)O. The Morgan fingerprint density at radius 2 is 2.12 bits per heavy atom. The van der Waals surface area contributed by atoms with Crippen LogP contribution in [0.15, 0.2) is 22.7 Å². The lowest BCUT2D eigenvalue weighted by Gasteiger charge is -2.13. The third-order valence-electron chi connectivity index (χ3n) is 2.23. The number of aliphatic hydroxyl groups excluding tert-OH is 1. The van der Waals surface area contributed by atoms with Crippen LogP contribution in [0.3, 0.4) is 0 Å². The third-order valence-corrected chi connectivity index (χ3v) is 2.72. The van der Waals surface area contributed by atoms with Crippen LogP contribution in [0.1, 0.15) is 15.9 Å². The molecular weight excluding hydrogens is 290 g/mol. The minimum atomic E-state index is -1.29. The minimum absolute atomic E-state index is 0.374. The number of nitrogens with one attached hydrogen (secondary N) is 1. The highest BCUT2D eigenvalue weighted by Gasteiger charge is 2.20. The Balaban J connectivity index is 2.89. The topological polar surface area (TPSA) is 86.6 Å². The van der Waals surface area contributed by atoms with Gasteiger partial charge >= 0.3 is 5.97 Å². The zero-order chi connectivity index (χ0) is 13.0. The molecule has 0 saturated carbocycles. The average Bonchev–Trinajstić information content (AvgIpc) is 2.28. The molecule has 1 rings (SSSR count). The molecule has 17 heavy (non-hydrogen) atoms. The maximum atomic E-state index is 11.8. The molecule has 0 heterocycles. The first-order valence-corrected chi connectivity index (χ1v) is 5.65. The van der Waals surface area contributed by atoms with Gasteiger partial charge in [-0.15, -0.1) is 0 Å². The first-order chi connectivity index (χ1) is 7.95. The van der Waals surface area contributed by atoms with Gasteiger partial charge < -0.3 is 15.5 Å². The quantitative estimate of drug-likeness (QED) is 0.772. The van der Waals surface area contributed by atoms with E-state index < -0.39 is 24.5 Å². The summed E-state index contributed by atoms with van der Waals surface area (Å²) in [6.45, 7) is 1.10. The van der Waals surface area contributed by atoms with E-state index in [1.54, 1.807) is 25.1 Å². The summed E-state index contributed by atoms with van der Waals surface area (Å²) in [5.41, 5.74) is 1.10. The van der Waals surface area contributed by atoms with E-state index in [9.17, 15) is 9.59 Å². The van der Waals surface area contributed by atoms with Gasteiger partial charge in [-0.1, -0.05) is 22.0 Å². The summed E-state index contributed by atoms with van der Waals surface area (Å²) in [5, 5.41) is 19.8. The van der Waals surface area contributed by atoms with Crippen molar-refractivity contribution in [3.05, 3.63) is 33.8 Å². The molecule has 0 unspecified atom stereocenters. The lowest BCUT2D eigenvalue weighted by molar-refractivity contribution is -0.140. The molecule has 0 aliphatic rings. The Labute approximate surface area is 107 Å². The van der Waals surface area contributed by atoms with Crippen molar-refractivity contribution in [2.45, 2.75) is 13.0 Å². The smallest absolute Gasteiger partial charge is 0.328 e. The number of aryl methyl sites for hydroxylation is 1. The zero-order valence-corrected chi connectivity index (χ0v) is 10.7. The van der Waals surface area contributed by atoms with E-state index in [2.05, 4.69) is 21.2 Å². The van der Waals surface area contributed by atoms with Gasteiger partial charge in [-0.05, 0) is 24.6 Å². The molecule has 0 aromatic heterocycles. The van der Waals surface area contributed by atoms with E-state index in [0.29, 0.717) is 5.56 Å². The van der Waals surface area contributed by atoms with E-state index in [-0.39, 0.29) is 0 Å². The van der Waals surface area contributed by atoms with Crippen molar-refractivity contribution in [1.29, 1.82) is 0 Å².